The Balaban J connectivity index is 1.81. The van der Waals surface area contributed by atoms with E-state index in [9.17, 15) is 4.39 Å². The van der Waals surface area contributed by atoms with E-state index in [0.717, 1.165) is 11.0 Å². The van der Waals surface area contributed by atoms with Gasteiger partial charge in [0.2, 0.25) is 0 Å². The number of nitrogens with one attached hydrogen (secondary N) is 1. The lowest BCUT2D eigenvalue weighted by atomic mass is 10.1. The first-order valence-corrected chi connectivity index (χ1v) is 7.02. The Kier molecular flexibility index (Phi) is 2.84. The number of fused-ring (bicyclic) bond motifs is 1. The second-order valence-electron chi connectivity index (χ2n) is 5.36. The van der Waals surface area contributed by atoms with Crippen LogP contribution in [0.1, 0.15) is 12.8 Å². The van der Waals surface area contributed by atoms with Crippen molar-refractivity contribution in [3.8, 4) is 17.0 Å². The minimum atomic E-state index is -0.304. The Labute approximate surface area is 121 Å². The van der Waals surface area contributed by atoms with E-state index >= 15 is 0 Å². The van der Waals surface area contributed by atoms with E-state index in [2.05, 4.69) is 15.0 Å². The Morgan fingerprint density at radius 1 is 1.24 bits per heavy atom. The molecule has 2 aromatic heterocycles. The molecule has 1 aliphatic carbocycles. The topological polar surface area (TPSA) is 50.8 Å². The van der Waals surface area contributed by atoms with Gasteiger partial charge in [-0.25, -0.2) is 14.4 Å². The number of nitrogens with zero attached hydrogens (tertiary/aromatic N) is 2. The van der Waals surface area contributed by atoms with Gasteiger partial charge in [0, 0.05) is 11.8 Å². The van der Waals surface area contributed by atoms with Crippen molar-refractivity contribution in [3.63, 3.8) is 0 Å². The van der Waals surface area contributed by atoms with Gasteiger partial charge in [-0.05, 0) is 43.0 Å². The number of aromatic amines is 1. The first kappa shape index (κ1) is 12.3. The van der Waals surface area contributed by atoms with E-state index < -0.39 is 0 Å². The normalized spacial score (nSPS) is 14.5. The van der Waals surface area contributed by atoms with E-state index in [1.54, 1.807) is 12.3 Å². The van der Waals surface area contributed by atoms with Crippen molar-refractivity contribution in [2.45, 2.75) is 12.8 Å². The summed E-state index contributed by atoms with van der Waals surface area (Å²) in [5, 5.41) is 0. The van der Waals surface area contributed by atoms with Crippen molar-refractivity contribution in [2.24, 2.45) is 5.92 Å². The molecular weight excluding hydrogens is 269 g/mol. The predicted molar refractivity (Wildman–Crippen MR) is 77.5 cm³/mol. The summed E-state index contributed by atoms with van der Waals surface area (Å²) in [6.45, 7) is 0.678. The molecule has 0 spiro atoms. The van der Waals surface area contributed by atoms with Crippen LogP contribution in [0.25, 0.3) is 22.3 Å². The van der Waals surface area contributed by atoms with E-state index in [1.165, 1.54) is 31.3 Å². The van der Waals surface area contributed by atoms with Crippen molar-refractivity contribution in [1.29, 1.82) is 0 Å². The van der Waals surface area contributed by atoms with Gasteiger partial charge in [0.05, 0.1) is 17.6 Å². The second-order valence-corrected chi connectivity index (χ2v) is 5.36. The molecule has 0 unspecified atom stereocenters. The molecule has 4 rings (SSSR count). The number of halogens is 1. The van der Waals surface area contributed by atoms with Gasteiger partial charge >= 0.3 is 0 Å². The fraction of sp³-hybridized carbons (Fsp3) is 0.250. The highest BCUT2D eigenvalue weighted by Crippen LogP contribution is 2.35. The minimum Gasteiger partial charge on any atom is -0.493 e. The van der Waals surface area contributed by atoms with Gasteiger partial charge in [0.15, 0.2) is 0 Å². The molecule has 1 N–H and O–H groups in total. The molecule has 4 nitrogen and oxygen atoms in total. The van der Waals surface area contributed by atoms with Gasteiger partial charge in [0.1, 0.15) is 23.6 Å². The van der Waals surface area contributed by atoms with Crippen LogP contribution in [-0.2, 0) is 0 Å². The number of rotatable bonds is 4. The highest BCUT2D eigenvalue weighted by atomic mass is 19.1. The van der Waals surface area contributed by atoms with Gasteiger partial charge < -0.3 is 9.72 Å². The molecular formula is C16H14FN3O. The third-order valence-corrected chi connectivity index (χ3v) is 3.71. The molecule has 0 radical (unpaired) electrons. The second kappa shape index (κ2) is 4.84. The van der Waals surface area contributed by atoms with Gasteiger partial charge in [-0.1, -0.05) is 0 Å². The van der Waals surface area contributed by atoms with Crippen molar-refractivity contribution in [3.05, 3.63) is 42.6 Å². The molecule has 0 aliphatic heterocycles. The molecule has 21 heavy (non-hydrogen) atoms. The van der Waals surface area contributed by atoms with Gasteiger partial charge in [-0.15, -0.1) is 0 Å². The number of ether oxygens (including phenoxy) is 1. The zero-order valence-electron chi connectivity index (χ0n) is 11.3. The quantitative estimate of drug-likeness (QED) is 0.796. The molecule has 1 saturated carbocycles. The largest absolute Gasteiger partial charge is 0.493 e. The SMILES string of the molecule is Fc1ccc(OCC2CC2)c(-c2ncnc3cc[nH]c23)c1. The lowest BCUT2D eigenvalue weighted by molar-refractivity contribution is 0.300. The predicted octanol–water partition coefficient (Wildman–Crippen LogP) is 3.55. The van der Waals surface area contributed by atoms with Crippen molar-refractivity contribution in [2.75, 3.05) is 6.61 Å². The van der Waals surface area contributed by atoms with Gasteiger partial charge in [0.25, 0.3) is 0 Å². The van der Waals surface area contributed by atoms with Crippen LogP contribution in [0.15, 0.2) is 36.8 Å². The van der Waals surface area contributed by atoms with E-state index in [0.29, 0.717) is 29.5 Å². The molecule has 5 heteroatoms. The Bertz CT molecular complexity index is 795. The molecule has 0 bridgehead atoms. The third-order valence-electron chi connectivity index (χ3n) is 3.71. The van der Waals surface area contributed by atoms with Gasteiger partial charge in [-0.3, -0.25) is 0 Å². The van der Waals surface area contributed by atoms with Crippen molar-refractivity contribution < 1.29 is 9.13 Å². The maximum Gasteiger partial charge on any atom is 0.128 e. The first-order chi connectivity index (χ1) is 10.3. The minimum absolute atomic E-state index is 0.304. The molecule has 0 amide bonds. The molecule has 106 valence electrons. The summed E-state index contributed by atoms with van der Waals surface area (Å²) in [5.41, 5.74) is 2.91. The summed E-state index contributed by atoms with van der Waals surface area (Å²) in [4.78, 5) is 11.6. The van der Waals surface area contributed by atoms with E-state index in [4.69, 9.17) is 4.74 Å². The molecule has 2 heterocycles. The van der Waals surface area contributed by atoms with Crippen LogP contribution in [-0.4, -0.2) is 21.6 Å². The molecule has 0 saturated heterocycles. The smallest absolute Gasteiger partial charge is 0.128 e. The van der Waals surface area contributed by atoms with Crippen LogP contribution < -0.4 is 4.74 Å². The Morgan fingerprint density at radius 2 is 2.14 bits per heavy atom. The summed E-state index contributed by atoms with van der Waals surface area (Å²) in [6, 6.07) is 6.41. The van der Waals surface area contributed by atoms with Crippen LogP contribution in [0.4, 0.5) is 4.39 Å². The lowest BCUT2D eigenvalue weighted by Gasteiger charge is -2.11. The molecule has 1 fully saturated rings. The zero-order valence-corrected chi connectivity index (χ0v) is 11.3. The molecule has 3 aromatic rings. The van der Waals surface area contributed by atoms with Crippen molar-refractivity contribution in [1.82, 2.24) is 15.0 Å². The lowest BCUT2D eigenvalue weighted by Crippen LogP contribution is -2.01. The van der Waals surface area contributed by atoms with Crippen LogP contribution >= 0.6 is 0 Å². The Hall–Kier alpha value is -2.43. The number of benzene rings is 1. The standard InChI is InChI=1S/C16H14FN3O/c17-11-3-4-14(21-8-10-1-2-10)12(7-11)15-16-13(5-6-18-16)19-9-20-15/h3-7,9-10,18H,1-2,8H2. The highest BCUT2D eigenvalue weighted by Gasteiger charge is 2.23. The average Bonchev–Trinajstić information content (AvgIpc) is 3.20. The summed E-state index contributed by atoms with van der Waals surface area (Å²) in [6.07, 6.45) is 5.71. The van der Waals surface area contributed by atoms with Crippen LogP contribution in [0.5, 0.6) is 5.75 Å². The summed E-state index contributed by atoms with van der Waals surface area (Å²) in [7, 11) is 0. The molecule has 0 atom stereocenters. The highest BCUT2D eigenvalue weighted by molar-refractivity contribution is 5.90. The summed E-state index contributed by atoms with van der Waals surface area (Å²) < 4.78 is 19.5. The maximum atomic E-state index is 13.7. The maximum absolute atomic E-state index is 13.7. The molecule has 1 aromatic carbocycles. The summed E-state index contributed by atoms with van der Waals surface area (Å²) >= 11 is 0. The Morgan fingerprint density at radius 3 is 3.00 bits per heavy atom. The van der Waals surface area contributed by atoms with Crippen molar-refractivity contribution >= 4 is 11.0 Å². The fourth-order valence-corrected chi connectivity index (χ4v) is 2.38. The first-order valence-electron chi connectivity index (χ1n) is 7.02. The van der Waals surface area contributed by atoms with E-state index in [1.807, 2.05) is 6.07 Å². The number of aromatic nitrogens is 3. The van der Waals surface area contributed by atoms with Crippen LogP contribution in [0.2, 0.25) is 0 Å². The molecule has 1 aliphatic rings. The van der Waals surface area contributed by atoms with Crippen LogP contribution in [0.3, 0.4) is 0 Å². The van der Waals surface area contributed by atoms with E-state index in [-0.39, 0.29) is 5.82 Å². The van der Waals surface area contributed by atoms with Crippen LogP contribution in [0, 0.1) is 11.7 Å². The monoisotopic (exact) mass is 283 g/mol. The number of H-pyrrole nitrogens is 1. The fourth-order valence-electron chi connectivity index (χ4n) is 2.38. The number of hydrogen-bond acceptors (Lipinski definition) is 3. The average molecular weight is 283 g/mol. The van der Waals surface area contributed by atoms with Gasteiger partial charge in [-0.2, -0.15) is 0 Å². The zero-order chi connectivity index (χ0) is 14.2. The summed E-state index contributed by atoms with van der Waals surface area (Å²) in [5.74, 6) is 0.999. The number of hydrogen-bond donors (Lipinski definition) is 1. The third kappa shape index (κ3) is 2.35.